The number of nitrogens with one attached hydrogen (secondary N) is 1. The molecule has 0 aliphatic carbocycles. The van der Waals surface area contributed by atoms with Crippen molar-refractivity contribution in [2.75, 3.05) is 0 Å². The molecule has 0 unspecified atom stereocenters. The van der Waals surface area contributed by atoms with Gasteiger partial charge in [-0.2, -0.15) is 11.3 Å². The minimum absolute atomic E-state index is 0.0902. The summed E-state index contributed by atoms with van der Waals surface area (Å²) < 4.78 is 26.3. The van der Waals surface area contributed by atoms with Crippen molar-refractivity contribution in [1.82, 2.24) is 4.72 Å². The normalized spacial score (nSPS) is 11.7. The third-order valence-corrected chi connectivity index (χ3v) is 4.87. The van der Waals surface area contributed by atoms with Crippen LogP contribution in [0.15, 0.2) is 44.9 Å². The van der Waals surface area contributed by atoms with Gasteiger partial charge in [0, 0.05) is 4.47 Å². The predicted molar refractivity (Wildman–Crippen MR) is 88.9 cm³/mol. The summed E-state index contributed by atoms with van der Waals surface area (Å²) in [5.41, 5.74) is 0.840. The molecule has 0 fully saturated rings. The van der Waals surface area contributed by atoms with E-state index in [-0.39, 0.29) is 10.6 Å². The molecule has 0 spiro atoms. The van der Waals surface area contributed by atoms with E-state index in [1.807, 2.05) is 10.1 Å². The van der Waals surface area contributed by atoms with E-state index in [9.17, 15) is 13.2 Å². The topological polar surface area (TPSA) is 63.2 Å². The van der Waals surface area contributed by atoms with Gasteiger partial charge in [-0.15, -0.1) is 0 Å². The van der Waals surface area contributed by atoms with E-state index in [1.54, 1.807) is 17.5 Å². The van der Waals surface area contributed by atoms with Crippen LogP contribution in [0.3, 0.4) is 0 Å². The van der Waals surface area contributed by atoms with Gasteiger partial charge >= 0.3 is 0 Å². The summed E-state index contributed by atoms with van der Waals surface area (Å²) in [7, 11) is -3.88. The van der Waals surface area contributed by atoms with Crippen molar-refractivity contribution in [2.45, 2.75) is 0 Å². The molecule has 4 nitrogen and oxygen atoms in total. The quantitative estimate of drug-likeness (QED) is 0.837. The molecule has 2 aromatic rings. The first-order valence-corrected chi connectivity index (χ1v) is 9.26. The van der Waals surface area contributed by atoms with Crippen LogP contribution in [0, 0.1) is 0 Å². The molecule has 0 aliphatic rings. The Morgan fingerprint density at radius 1 is 1.33 bits per heavy atom. The number of halogens is 2. The van der Waals surface area contributed by atoms with E-state index < -0.39 is 15.9 Å². The van der Waals surface area contributed by atoms with Crippen LogP contribution < -0.4 is 4.72 Å². The number of hydrogen-bond acceptors (Lipinski definition) is 4. The summed E-state index contributed by atoms with van der Waals surface area (Å²) in [6, 6.07) is 6.34. The van der Waals surface area contributed by atoms with Gasteiger partial charge in [-0.3, -0.25) is 4.79 Å². The maximum Gasteiger partial charge on any atom is 0.266 e. The van der Waals surface area contributed by atoms with Gasteiger partial charge in [-0.1, -0.05) is 27.5 Å². The van der Waals surface area contributed by atoms with Gasteiger partial charge in [0.2, 0.25) is 0 Å². The largest absolute Gasteiger partial charge is 0.268 e. The second-order valence-electron chi connectivity index (χ2n) is 3.96. The second-order valence-corrected chi connectivity index (χ2v) is 7.63. The number of carbonyl (C=O) groups excluding carboxylic acids is 1. The van der Waals surface area contributed by atoms with Gasteiger partial charge in [-0.05, 0) is 46.7 Å². The highest BCUT2D eigenvalue weighted by molar-refractivity contribution is 9.10. The highest BCUT2D eigenvalue weighted by Crippen LogP contribution is 2.21. The first-order valence-electron chi connectivity index (χ1n) is 5.60. The lowest BCUT2D eigenvalue weighted by molar-refractivity contribution is 0.0982. The Kier molecular flexibility index (Phi) is 5.21. The number of rotatable bonds is 4. The van der Waals surface area contributed by atoms with Crippen molar-refractivity contribution in [3.63, 3.8) is 0 Å². The number of thiophene rings is 1. The molecule has 1 N–H and O–H groups in total. The van der Waals surface area contributed by atoms with Gasteiger partial charge in [0.15, 0.2) is 0 Å². The fraction of sp³-hybridized carbons (Fsp3) is 0. The average Bonchev–Trinajstić information content (AvgIpc) is 2.88. The molecule has 1 aromatic carbocycles. The van der Waals surface area contributed by atoms with Crippen LogP contribution in [0.1, 0.15) is 15.9 Å². The predicted octanol–water partition coefficient (Wildman–Crippen LogP) is 3.89. The molecule has 0 saturated heterocycles. The molecule has 1 amide bonds. The molecule has 0 saturated carbocycles. The third kappa shape index (κ3) is 4.67. The van der Waals surface area contributed by atoms with E-state index in [0.717, 1.165) is 11.0 Å². The molecule has 1 heterocycles. The van der Waals surface area contributed by atoms with E-state index in [0.29, 0.717) is 4.47 Å². The second kappa shape index (κ2) is 6.74. The Morgan fingerprint density at radius 2 is 2.10 bits per heavy atom. The van der Waals surface area contributed by atoms with Crippen LogP contribution in [-0.4, -0.2) is 14.3 Å². The molecule has 21 heavy (non-hydrogen) atoms. The van der Waals surface area contributed by atoms with Crippen molar-refractivity contribution >= 4 is 60.9 Å². The fourth-order valence-electron chi connectivity index (χ4n) is 1.43. The van der Waals surface area contributed by atoms with Crippen LogP contribution in [0.4, 0.5) is 0 Å². The maximum absolute atomic E-state index is 11.9. The van der Waals surface area contributed by atoms with Crippen LogP contribution in [0.2, 0.25) is 5.02 Å². The number of sulfonamides is 1. The number of benzene rings is 1. The monoisotopic (exact) mass is 405 g/mol. The minimum atomic E-state index is -3.88. The standard InChI is InChI=1S/C13H9BrClNO3S2/c14-10-1-2-11(12(15)7-10)13(17)16-21(18,19)6-4-9-3-5-20-8-9/h1-8H,(H,16,17). The number of hydrogen-bond donors (Lipinski definition) is 1. The first kappa shape index (κ1) is 16.2. The van der Waals surface area contributed by atoms with Gasteiger partial charge in [0.05, 0.1) is 16.0 Å². The zero-order valence-corrected chi connectivity index (χ0v) is 14.4. The molecule has 0 radical (unpaired) electrons. The Labute approximate surface area is 139 Å². The van der Waals surface area contributed by atoms with Crippen molar-refractivity contribution in [1.29, 1.82) is 0 Å². The van der Waals surface area contributed by atoms with Crippen molar-refractivity contribution in [3.8, 4) is 0 Å². The molecular formula is C13H9BrClNO3S2. The third-order valence-electron chi connectivity index (χ3n) is 2.39. The van der Waals surface area contributed by atoms with Crippen LogP contribution >= 0.6 is 38.9 Å². The lowest BCUT2D eigenvalue weighted by Crippen LogP contribution is -2.29. The number of carbonyl (C=O) groups is 1. The molecule has 1 aromatic heterocycles. The van der Waals surface area contributed by atoms with Gasteiger partial charge in [0.25, 0.3) is 15.9 Å². The molecule has 0 atom stereocenters. The molecule has 2 rings (SSSR count). The van der Waals surface area contributed by atoms with Crippen LogP contribution in [-0.2, 0) is 10.0 Å². The van der Waals surface area contributed by atoms with E-state index in [1.165, 1.54) is 29.5 Å². The smallest absolute Gasteiger partial charge is 0.266 e. The summed E-state index contributed by atoms with van der Waals surface area (Å²) in [5, 5.41) is 4.73. The Balaban J connectivity index is 2.14. The van der Waals surface area contributed by atoms with Crippen LogP contribution in [0.25, 0.3) is 6.08 Å². The molecule has 110 valence electrons. The summed E-state index contributed by atoms with van der Waals surface area (Å²) in [5.74, 6) is -0.775. The molecule has 0 bridgehead atoms. The summed E-state index contributed by atoms with van der Waals surface area (Å²) in [6.07, 6.45) is 1.41. The lowest BCUT2D eigenvalue weighted by atomic mass is 10.2. The Hall–Kier alpha value is -1.15. The van der Waals surface area contributed by atoms with Crippen molar-refractivity contribution in [3.05, 3.63) is 61.1 Å². The van der Waals surface area contributed by atoms with E-state index >= 15 is 0 Å². The van der Waals surface area contributed by atoms with E-state index in [2.05, 4.69) is 15.9 Å². The minimum Gasteiger partial charge on any atom is -0.268 e. The zero-order valence-electron chi connectivity index (χ0n) is 10.4. The zero-order chi connectivity index (χ0) is 15.5. The summed E-state index contributed by atoms with van der Waals surface area (Å²) in [4.78, 5) is 11.9. The summed E-state index contributed by atoms with van der Waals surface area (Å²) >= 11 is 10.6. The number of amides is 1. The SMILES string of the molecule is O=C(NS(=O)(=O)C=Cc1ccsc1)c1ccc(Br)cc1Cl. The van der Waals surface area contributed by atoms with Gasteiger partial charge in [0.1, 0.15) is 0 Å². The fourth-order valence-corrected chi connectivity index (χ4v) is 3.59. The molecule has 0 aliphatic heterocycles. The Bertz CT molecular complexity index is 786. The highest BCUT2D eigenvalue weighted by Gasteiger charge is 2.16. The average molecular weight is 407 g/mol. The Morgan fingerprint density at radius 3 is 2.71 bits per heavy atom. The summed E-state index contributed by atoms with van der Waals surface area (Å²) in [6.45, 7) is 0. The van der Waals surface area contributed by atoms with E-state index in [4.69, 9.17) is 11.6 Å². The first-order chi connectivity index (χ1) is 9.87. The molecule has 8 heteroatoms. The van der Waals surface area contributed by atoms with Crippen molar-refractivity contribution < 1.29 is 13.2 Å². The molecular weight excluding hydrogens is 398 g/mol. The lowest BCUT2D eigenvalue weighted by Gasteiger charge is -2.05. The van der Waals surface area contributed by atoms with Crippen molar-refractivity contribution in [2.24, 2.45) is 0 Å². The maximum atomic E-state index is 11.9. The highest BCUT2D eigenvalue weighted by atomic mass is 79.9. The van der Waals surface area contributed by atoms with Crippen LogP contribution in [0.5, 0.6) is 0 Å². The van der Waals surface area contributed by atoms with Gasteiger partial charge < -0.3 is 0 Å². The van der Waals surface area contributed by atoms with Gasteiger partial charge in [-0.25, -0.2) is 13.1 Å².